The molecule has 0 radical (unpaired) electrons. The number of hydrogen-bond acceptors (Lipinski definition) is 2. The number of aliphatic carboxylic acids is 1. The Morgan fingerprint density at radius 1 is 1.53 bits per heavy atom. The predicted molar refractivity (Wildman–Crippen MR) is 58.8 cm³/mol. The van der Waals surface area contributed by atoms with Crippen molar-refractivity contribution in [1.82, 2.24) is 4.90 Å². The van der Waals surface area contributed by atoms with E-state index in [1.165, 1.54) is 19.3 Å². The third-order valence-corrected chi connectivity index (χ3v) is 4.04. The lowest BCUT2D eigenvalue weighted by Crippen LogP contribution is -2.40. The fourth-order valence-corrected chi connectivity index (χ4v) is 2.88. The Morgan fingerprint density at radius 2 is 2.33 bits per heavy atom. The molecule has 2 rings (SSSR count). The van der Waals surface area contributed by atoms with Gasteiger partial charge in [-0.15, -0.1) is 0 Å². The van der Waals surface area contributed by atoms with Crippen LogP contribution in [0.3, 0.4) is 0 Å². The van der Waals surface area contributed by atoms with E-state index < -0.39 is 5.97 Å². The summed E-state index contributed by atoms with van der Waals surface area (Å²) >= 11 is 0. The number of fused-ring (bicyclic) bond motifs is 1. The largest absolute Gasteiger partial charge is 0.481 e. The fraction of sp³-hybridized carbons (Fsp3) is 0.917. The summed E-state index contributed by atoms with van der Waals surface area (Å²) < 4.78 is 0. The first-order valence-corrected chi connectivity index (χ1v) is 6.15. The van der Waals surface area contributed by atoms with E-state index in [2.05, 4.69) is 11.8 Å². The van der Waals surface area contributed by atoms with Gasteiger partial charge in [0.15, 0.2) is 0 Å². The molecule has 0 aromatic rings. The van der Waals surface area contributed by atoms with Crippen molar-refractivity contribution in [2.24, 2.45) is 11.3 Å². The van der Waals surface area contributed by atoms with E-state index in [4.69, 9.17) is 0 Å². The molecule has 1 N–H and O–H groups in total. The average molecular weight is 211 g/mol. The minimum absolute atomic E-state index is 0.343. The Morgan fingerprint density at radius 3 is 3.00 bits per heavy atom. The summed E-state index contributed by atoms with van der Waals surface area (Å²) in [5.74, 6) is -0.0786. The standard InChI is InChI=1S/C12H21NO2/c1-2-3-4-6-13-7-5-10-8-12(10,9-13)11(14)15/h10H,2-9H2,1H3,(H,14,15). The second kappa shape index (κ2) is 4.12. The summed E-state index contributed by atoms with van der Waals surface area (Å²) in [5.41, 5.74) is -0.343. The van der Waals surface area contributed by atoms with E-state index in [1.807, 2.05) is 0 Å². The third kappa shape index (κ3) is 2.03. The van der Waals surface area contributed by atoms with Crippen LogP contribution in [0.5, 0.6) is 0 Å². The second-order valence-corrected chi connectivity index (χ2v) is 5.13. The minimum atomic E-state index is -0.562. The molecule has 2 unspecified atom stereocenters. The van der Waals surface area contributed by atoms with E-state index in [0.717, 1.165) is 32.5 Å². The maximum absolute atomic E-state index is 11.2. The minimum Gasteiger partial charge on any atom is -0.481 e. The predicted octanol–water partition coefficient (Wildman–Crippen LogP) is 1.97. The Kier molecular flexibility index (Phi) is 3.01. The van der Waals surface area contributed by atoms with Crippen LogP contribution in [0.2, 0.25) is 0 Å². The fourth-order valence-electron chi connectivity index (χ4n) is 2.88. The molecule has 0 bridgehead atoms. The zero-order valence-corrected chi connectivity index (χ0v) is 9.54. The Bertz CT molecular complexity index is 254. The van der Waals surface area contributed by atoms with Crippen LogP contribution < -0.4 is 0 Å². The molecule has 0 spiro atoms. The molecule has 1 saturated heterocycles. The lowest BCUT2D eigenvalue weighted by molar-refractivity contribution is -0.145. The van der Waals surface area contributed by atoms with Gasteiger partial charge in [0.2, 0.25) is 0 Å². The number of hydrogen-bond donors (Lipinski definition) is 1. The summed E-state index contributed by atoms with van der Waals surface area (Å²) in [6.07, 6.45) is 5.74. The van der Waals surface area contributed by atoms with Gasteiger partial charge in [0.1, 0.15) is 0 Å². The average Bonchev–Trinajstić information content (AvgIpc) is 2.93. The van der Waals surface area contributed by atoms with E-state index in [1.54, 1.807) is 0 Å². The molecule has 0 aromatic heterocycles. The summed E-state index contributed by atoms with van der Waals surface area (Å²) in [5, 5.41) is 9.20. The highest BCUT2D eigenvalue weighted by atomic mass is 16.4. The number of rotatable bonds is 5. The quantitative estimate of drug-likeness (QED) is 0.707. The van der Waals surface area contributed by atoms with Crippen molar-refractivity contribution in [2.45, 2.75) is 39.0 Å². The first-order valence-electron chi connectivity index (χ1n) is 6.15. The van der Waals surface area contributed by atoms with Crippen LogP contribution >= 0.6 is 0 Å². The molecule has 15 heavy (non-hydrogen) atoms. The van der Waals surface area contributed by atoms with Gasteiger partial charge < -0.3 is 10.0 Å². The van der Waals surface area contributed by atoms with Crippen molar-refractivity contribution in [3.05, 3.63) is 0 Å². The Balaban J connectivity index is 1.82. The van der Waals surface area contributed by atoms with Gasteiger partial charge >= 0.3 is 5.97 Å². The third-order valence-electron chi connectivity index (χ3n) is 4.04. The zero-order chi connectivity index (χ0) is 10.9. The van der Waals surface area contributed by atoms with Crippen LogP contribution in [-0.2, 0) is 4.79 Å². The molecular weight excluding hydrogens is 190 g/mol. The van der Waals surface area contributed by atoms with Gasteiger partial charge in [0, 0.05) is 6.54 Å². The number of unbranched alkanes of at least 4 members (excludes halogenated alkanes) is 2. The van der Waals surface area contributed by atoms with Crippen molar-refractivity contribution in [1.29, 1.82) is 0 Å². The van der Waals surface area contributed by atoms with E-state index in [9.17, 15) is 9.90 Å². The number of likely N-dealkylation sites (tertiary alicyclic amines) is 1. The van der Waals surface area contributed by atoms with Gasteiger partial charge in [-0.25, -0.2) is 0 Å². The molecule has 1 aliphatic carbocycles. The topological polar surface area (TPSA) is 40.5 Å². The Labute approximate surface area is 91.5 Å². The molecule has 2 fully saturated rings. The number of carboxylic acid groups (broad SMARTS) is 1. The molecule has 2 atom stereocenters. The van der Waals surface area contributed by atoms with Crippen LogP contribution in [0, 0.1) is 11.3 Å². The van der Waals surface area contributed by atoms with Gasteiger partial charge in [-0.05, 0) is 38.3 Å². The van der Waals surface area contributed by atoms with Gasteiger partial charge in [0.25, 0.3) is 0 Å². The Hall–Kier alpha value is -0.570. The van der Waals surface area contributed by atoms with Crippen LogP contribution in [-0.4, -0.2) is 35.6 Å². The van der Waals surface area contributed by atoms with Crippen molar-refractivity contribution in [2.75, 3.05) is 19.6 Å². The molecule has 1 saturated carbocycles. The lowest BCUT2D eigenvalue weighted by atomic mass is 9.97. The summed E-state index contributed by atoms with van der Waals surface area (Å²) in [7, 11) is 0. The molecule has 0 amide bonds. The SMILES string of the molecule is CCCCCN1CCC2CC2(C(=O)O)C1. The highest BCUT2D eigenvalue weighted by Gasteiger charge is 2.62. The van der Waals surface area contributed by atoms with Crippen LogP contribution in [0.1, 0.15) is 39.0 Å². The van der Waals surface area contributed by atoms with Gasteiger partial charge in [-0.3, -0.25) is 4.79 Å². The second-order valence-electron chi connectivity index (χ2n) is 5.13. The van der Waals surface area contributed by atoms with Crippen LogP contribution in [0.25, 0.3) is 0 Å². The first-order chi connectivity index (χ1) is 7.19. The van der Waals surface area contributed by atoms with Gasteiger partial charge in [0.05, 0.1) is 5.41 Å². The number of nitrogens with zero attached hydrogens (tertiary/aromatic N) is 1. The van der Waals surface area contributed by atoms with E-state index >= 15 is 0 Å². The van der Waals surface area contributed by atoms with Crippen molar-refractivity contribution in [3.8, 4) is 0 Å². The maximum Gasteiger partial charge on any atom is 0.311 e. The normalized spacial score (nSPS) is 34.9. The summed E-state index contributed by atoms with van der Waals surface area (Å²) in [4.78, 5) is 13.5. The molecule has 1 heterocycles. The summed E-state index contributed by atoms with van der Waals surface area (Å²) in [6, 6.07) is 0. The molecule has 2 aliphatic rings. The molecule has 86 valence electrons. The molecular formula is C12H21NO2. The smallest absolute Gasteiger partial charge is 0.311 e. The van der Waals surface area contributed by atoms with E-state index in [-0.39, 0.29) is 5.41 Å². The van der Waals surface area contributed by atoms with Gasteiger partial charge in [-0.1, -0.05) is 19.8 Å². The molecule has 3 heteroatoms. The zero-order valence-electron chi connectivity index (χ0n) is 9.54. The molecule has 1 aliphatic heterocycles. The summed E-state index contributed by atoms with van der Waals surface area (Å²) in [6.45, 7) is 5.21. The lowest BCUT2D eigenvalue weighted by Gasteiger charge is -2.30. The highest BCUT2D eigenvalue weighted by molar-refractivity contribution is 5.79. The van der Waals surface area contributed by atoms with Crippen LogP contribution in [0.15, 0.2) is 0 Å². The van der Waals surface area contributed by atoms with Crippen LogP contribution in [0.4, 0.5) is 0 Å². The van der Waals surface area contributed by atoms with Crippen molar-refractivity contribution in [3.63, 3.8) is 0 Å². The maximum atomic E-state index is 11.2. The highest BCUT2D eigenvalue weighted by Crippen LogP contribution is 2.57. The van der Waals surface area contributed by atoms with Crippen molar-refractivity contribution < 1.29 is 9.90 Å². The number of carbonyl (C=O) groups is 1. The number of piperidine rings is 1. The van der Waals surface area contributed by atoms with Gasteiger partial charge in [-0.2, -0.15) is 0 Å². The molecule has 3 nitrogen and oxygen atoms in total. The van der Waals surface area contributed by atoms with E-state index in [0.29, 0.717) is 5.92 Å². The first kappa shape index (κ1) is 10.9. The number of carboxylic acids is 1. The van der Waals surface area contributed by atoms with Crippen molar-refractivity contribution >= 4 is 5.97 Å². The monoisotopic (exact) mass is 211 g/mol. The molecule has 0 aromatic carbocycles.